The van der Waals surface area contributed by atoms with Gasteiger partial charge in [-0.3, -0.25) is 0 Å². The number of nitrogens with one attached hydrogen (secondary N) is 1. The molecule has 2 nitrogen and oxygen atoms in total. The molecule has 0 aliphatic heterocycles. The van der Waals surface area contributed by atoms with Crippen molar-refractivity contribution >= 4 is 10.9 Å². The SMILES string of the molecule is CC(C)CCn1ccc2c(CNC(C)C)cccc21. The molecule has 0 unspecified atom stereocenters. The van der Waals surface area contributed by atoms with Crippen molar-refractivity contribution in [2.45, 2.75) is 53.2 Å². The van der Waals surface area contributed by atoms with Gasteiger partial charge in [0.25, 0.3) is 0 Å². The fourth-order valence-electron chi connectivity index (χ4n) is 2.35. The van der Waals surface area contributed by atoms with Gasteiger partial charge in [-0.25, -0.2) is 0 Å². The molecule has 0 saturated carbocycles. The second-order valence-corrected chi connectivity index (χ2v) is 6.08. The molecule has 1 aromatic carbocycles. The summed E-state index contributed by atoms with van der Waals surface area (Å²) in [6, 6.07) is 9.41. The average molecular weight is 258 g/mol. The number of fused-ring (bicyclic) bond motifs is 1. The molecular formula is C17H26N2. The van der Waals surface area contributed by atoms with E-state index >= 15 is 0 Å². The van der Waals surface area contributed by atoms with Crippen molar-refractivity contribution in [2.75, 3.05) is 0 Å². The van der Waals surface area contributed by atoms with E-state index in [0.29, 0.717) is 6.04 Å². The Morgan fingerprint density at radius 1 is 1.11 bits per heavy atom. The summed E-state index contributed by atoms with van der Waals surface area (Å²) in [7, 11) is 0. The van der Waals surface area contributed by atoms with Crippen LogP contribution >= 0.6 is 0 Å². The zero-order chi connectivity index (χ0) is 13.8. The van der Waals surface area contributed by atoms with Crippen LogP contribution in [0, 0.1) is 5.92 Å². The molecule has 1 N–H and O–H groups in total. The fourth-order valence-corrected chi connectivity index (χ4v) is 2.35. The van der Waals surface area contributed by atoms with Crippen LogP contribution in [0.1, 0.15) is 39.7 Å². The predicted octanol–water partition coefficient (Wildman–Crippen LogP) is 4.19. The Labute approximate surface area is 116 Å². The average Bonchev–Trinajstić information content (AvgIpc) is 2.77. The number of benzene rings is 1. The Kier molecular flexibility index (Phi) is 4.65. The highest BCUT2D eigenvalue weighted by Crippen LogP contribution is 2.21. The van der Waals surface area contributed by atoms with Crippen LogP contribution in [0.2, 0.25) is 0 Å². The van der Waals surface area contributed by atoms with E-state index in [4.69, 9.17) is 0 Å². The van der Waals surface area contributed by atoms with Gasteiger partial charge >= 0.3 is 0 Å². The van der Waals surface area contributed by atoms with Crippen LogP contribution in [-0.4, -0.2) is 10.6 Å². The Morgan fingerprint density at radius 3 is 2.58 bits per heavy atom. The molecule has 104 valence electrons. The van der Waals surface area contributed by atoms with Gasteiger partial charge in [0.15, 0.2) is 0 Å². The Morgan fingerprint density at radius 2 is 1.89 bits per heavy atom. The predicted molar refractivity (Wildman–Crippen MR) is 83.4 cm³/mol. The van der Waals surface area contributed by atoms with Gasteiger partial charge in [0.05, 0.1) is 0 Å². The maximum Gasteiger partial charge on any atom is 0.0483 e. The van der Waals surface area contributed by atoms with E-state index in [1.807, 2.05) is 0 Å². The van der Waals surface area contributed by atoms with Gasteiger partial charge in [-0.05, 0) is 30.0 Å². The Hall–Kier alpha value is -1.28. The van der Waals surface area contributed by atoms with Crippen molar-refractivity contribution < 1.29 is 0 Å². The molecule has 0 radical (unpaired) electrons. The van der Waals surface area contributed by atoms with Crippen molar-refractivity contribution in [3.8, 4) is 0 Å². The number of nitrogens with zero attached hydrogens (tertiary/aromatic N) is 1. The summed E-state index contributed by atoms with van der Waals surface area (Å²) >= 11 is 0. The summed E-state index contributed by atoms with van der Waals surface area (Å²) in [5.74, 6) is 0.753. The van der Waals surface area contributed by atoms with E-state index in [1.165, 1.54) is 22.9 Å². The Balaban J connectivity index is 2.21. The minimum absolute atomic E-state index is 0.526. The highest BCUT2D eigenvalue weighted by atomic mass is 15.0. The molecular weight excluding hydrogens is 232 g/mol. The van der Waals surface area contributed by atoms with Crippen LogP contribution in [0.3, 0.4) is 0 Å². The number of rotatable bonds is 6. The molecule has 1 aromatic heterocycles. The molecule has 0 spiro atoms. The van der Waals surface area contributed by atoms with Gasteiger partial charge in [0.1, 0.15) is 0 Å². The van der Waals surface area contributed by atoms with Crippen LogP contribution in [0.4, 0.5) is 0 Å². The molecule has 0 fully saturated rings. The molecule has 0 aliphatic carbocycles. The first kappa shape index (κ1) is 14.1. The van der Waals surface area contributed by atoms with E-state index in [-0.39, 0.29) is 0 Å². The van der Waals surface area contributed by atoms with E-state index < -0.39 is 0 Å². The summed E-state index contributed by atoms with van der Waals surface area (Å²) in [5, 5.41) is 4.89. The van der Waals surface area contributed by atoms with E-state index in [1.54, 1.807) is 0 Å². The highest BCUT2D eigenvalue weighted by molar-refractivity contribution is 5.83. The first-order chi connectivity index (χ1) is 9.08. The van der Waals surface area contributed by atoms with Gasteiger partial charge in [-0.15, -0.1) is 0 Å². The number of aromatic nitrogens is 1. The number of aryl methyl sites for hydroxylation is 1. The quantitative estimate of drug-likeness (QED) is 0.822. The molecule has 0 aliphatic rings. The van der Waals surface area contributed by atoms with Gasteiger partial charge in [-0.1, -0.05) is 39.8 Å². The van der Waals surface area contributed by atoms with Crippen LogP contribution in [0.25, 0.3) is 10.9 Å². The van der Waals surface area contributed by atoms with Gasteiger partial charge < -0.3 is 9.88 Å². The lowest BCUT2D eigenvalue weighted by Crippen LogP contribution is -2.21. The highest BCUT2D eigenvalue weighted by Gasteiger charge is 2.06. The fraction of sp³-hybridized carbons (Fsp3) is 0.529. The molecule has 1 heterocycles. The lowest BCUT2D eigenvalue weighted by atomic mass is 10.1. The normalized spacial score (nSPS) is 11.9. The van der Waals surface area contributed by atoms with Crippen molar-refractivity contribution in [3.05, 3.63) is 36.0 Å². The molecule has 0 amide bonds. The third-order valence-corrected chi connectivity index (χ3v) is 3.55. The second kappa shape index (κ2) is 6.25. The summed E-state index contributed by atoms with van der Waals surface area (Å²) < 4.78 is 2.38. The van der Waals surface area contributed by atoms with Gasteiger partial charge in [0, 0.05) is 36.2 Å². The minimum atomic E-state index is 0.526. The topological polar surface area (TPSA) is 17.0 Å². The van der Waals surface area contributed by atoms with Crippen molar-refractivity contribution in [1.82, 2.24) is 9.88 Å². The molecule has 0 atom stereocenters. The number of hydrogen-bond donors (Lipinski definition) is 1. The standard InChI is InChI=1S/C17H26N2/c1-13(2)8-10-19-11-9-16-15(12-18-14(3)4)6-5-7-17(16)19/h5-7,9,11,13-14,18H,8,10,12H2,1-4H3. The van der Waals surface area contributed by atoms with Crippen LogP contribution in [-0.2, 0) is 13.1 Å². The molecule has 2 heteroatoms. The first-order valence-corrected chi connectivity index (χ1v) is 7.38. The van der Waals surface area contributed by atoms with E-state index in [2.05, 4.69) is 68.0 Å². The molecule has 0 saturated heterocycles. The molecule has 19 heavy (non-hydrogen) atoms. The van der Waals surface area contributed by atoms with Crippen molar-refractivity contribution in [2.24, 2.45) is 5.92 Å². The first-order valence-electron chi connectivity index (χ1n) is 7.38. The minimum Gasteiger partial charge on any atom is -0.347 e. The lowest BCUT2D eigenvalue weighted by molar-refractivity contribution is 0.524. The summed E-state index contributed by atoms with van der Waals surface area (Å²) in [6.45, 7) is 11.0. The van der Waals surface area contributed by atoms with Gasteiger partial charge in [-0.2, -0.15) is 0 Å². The summed E-state index contributed by atoms with van der Waals surface area (Å²) in [6.07, 6.45) is 3.46. The molecule has 2 aromatic rings. The van der Waals surface area contributed by atoms with Crippen LogP contribution in [0.15, 0.2) is 30.5 Å². The Bertz CT molecular complexity index is 523. The molecule has 2 rings (SSSR count). The van der Waals surface area contributed by atoms with Crippen molar-refractivity contribution in [1.29, 1.82) is 0 Å². The van der Waals surface area contributed by atoms with E-state index in [9.17, 15) is 0 Å². The second-order valence-electron chi connectivity index (χ2n) is 6.08. The van der Waals surface area contributed by atoms with Crippen molar-refractivity contribution in [3.63, 3.8) is 0 Å². The monoisotopic (exact) mass is 258 g/mol. The summed E-state index contributed by atoms with van der Waals surface area (Å²) in [4.78, 5) is 0. The van der Waals surface area contributed by atoms with Gasteiger partial charge in [0.2, 0.25) is 0 Å². The number of hydrogen-bond acceptors (Lipinski definition) is 1. The van der Waals surface area contributed by atoms with Crippen LogP contribution < -0.4 is 5.32 Å². The third kappa shape index (κ3) is 3.60. The van der Waals surface area contributed by atoms with E-state index in [0.717, 1.165) is 19.0 Å². The summed E-state index contributed by atoms with van der Waals surface area (Å²) in [5.41, 5.74) is 2.76. The smallest absolute Gasteiger partial charge is 0.0483 e. The zero-order valence-corrected chi connectivity index (χ0v) is 12.6. The lowest BCUT2D eigenvalue weighted by Gasteiger charge is -2.11. The maximum atomic E-state index is 3.50. The largest absolute Gasteiger partial charge is 0.347 e. The zero-order valence-electron chi connectivity index (χ0n) is 12.6. The third-order valence-electron chi connectivity index (χ3n) is 3.55. The maximum absolute atomic E-state index is 3.50. The van der Waals surface area contributed by atoms with Crippen LogP contribution in [0.5, 0.6) is 0 Å². The molecule has 0 bridgehead atoms.